The maximum absolute atomic E-state index is 13.1. The standard InChI is InChI=1S/C25H26N2O4/c1-4-22(21-10-6-5-8-17(21)2)26-25(29)23(16-20-9-7-15-31-20)27-24(28)18-11-13-19(30-3)14-12-18/h5-16,22H,4H2,1-3H3,(H,26,29)(H,27,28)/b23-16-/t22-/m1/s1. The number of carbonyl (C=O) groups excluding carboxylic acids is 2. The Morgan fingerprint density at radius 1 is 1.06 bits per heavy atom. The monoisotopic (exact) mass is 418 g/mol. The smallest absolute Gasteiger partial charge is 0.268 e. The lowest BCUT2D eigenvalue weighted by Crippen LogP contribution is -2.37. The summed E-state index contributed by atoms with van der Waals surface area (Å²) in [6, 6.07) is 17.8. The summed E-state index contributed by atoms with van der Waals surface area (Å²) in [6.07, 6.45) is 3.73. The molecule has 0 aliphatic heterocycles. The highest BCUT2D eigenvalue weighted by atomic mass is 16.5. The number of ether oxygens (including phenoxy) is 1. The molecule has 0 unspecified atom stereocenters. The van der Waals surface area contributed by atoms with Gasteiger partial charge >= 0.3 is 0 Å². The molecule has 31 heavy (non-hydrogen) atoms. The zero-order valence-corrected chi connectivity index (χ0v) is 17.8. The van der Waals surface area contributed by atoms with Crippen LogP contribution in [-0.4, -0.2) is 18.9 Å². The third-order valence-corrected chi connectivity index (χ3v) is 4.95. The highest BCUT2D eigenvalue weighted by molar-refractivity contribution is 6.05. The minimum absolute atomic E-state index is 0.0998. The first-order valence-electron chi connectivity index (χ1n) is 10.1. The number of carbonyl (C=O) groups is 2. The van der Waals surface area contributed by atoms with Crippen LogP contribution in [-0.2, 0) is 4.79 Å². The van der Waals surface area contributed by atoms with Crippen LogP contribution in [0.5, 0.6) is 5.75 Å². The van der Waals surface area contributed by atoms with E-state index in [4.69, 9.17) is 9.15 Å². The van der Waals surface area contributed by atoms with Crippen molar-refractivity contribution in [3.05, 3.63) is 95.1 Å². The zero-order chi connectivity index (χ0) is 22.2. The number of hydrogen-bond acceptors (Lipinski definition) is 4. The number of methoxy groups -OCH3 is 1. The van der Waals surface area contributed by atoms with Gasteiger partial charge in [-0.05, 0) is 60.9 Å². The van der Waals surface area contributed by atoms with E-state index in [1.807, 2.05) is 38.1 Å². The largest absolute Gasteiger partial charge is 0.497 e. The first-order chi connectivity index (χ1) is 15.0. The minimum atomic E-state index is -0.403. The fraction of sp³-hybridized carbons (Fsp3) is 0.200. The molecule has 6 heteroatoms. The summed E-state index contributed by atoms with van der Waals surface area (Å²) < 4.78 is 10.5. The predicted molar refractivity (Wildman–Crippen MR) is 119 cm³/mol. The molecule has 160 valence electrons. The SMILES string of the molecule is CC[C@@H](NC(=O)/C(=C/c1ccco1)NC(=O)c1ccc(OC)cc1)c1ccccc1C. The van der Waals surface area contributed by atoms with Crippen LogP contribution >= 0.6 is 0 Å². The third kappa shape index (κ3) is 5.63. The van der Waals surface area contributed by atoms with Gasteiger partial charge in [-0.15, -0.1) is 0 Å². The molecule has 0 aliphatic rings. The Labute approximate surface area is 181 Å². The Kier molecular flexibility index (Phi) is 7.27. The maximum Gasteiger partial charge on any atom is 0.268 e. The topological polar surface area (TPSA) is 80.6 Å². The highest BCUT2D eigenvalue weighted by Gasteiger charge is 2.20. The quantitative estimate of drug-likeness (QED) is 0.523. The van der Waals surface area contributed by atoms with Crippen molar-refractivity contribution in [2.24, 2.45) is 0 Å². The number of nitrogens with one attached hydrogen (secondary N) is 2. The van der Waals surface area contributed by atoms with Crippen molar-refractivity contribution >= 4 is 17.9 Å². The lowest BCUT2D eigenvalue weighted by Gasteiger charge is -2.20. The molecule has 2 aromatic carbocycles. The molecule has 0 bridgehead atoms. The van der Waals surface area contributed by atoms with Crippen LogP contribution in [0.1, 0.15) is 46.6 Å². The Morgan fingerprint density at radius 2 is 1.81 bits per heavy atom. The molecular weight excluding hydrogens is 392 g/mol. The van der Waals surface area contributed by atoms with Gasteiger partial charge in [0, 0.05) is 11.6 Å². The average Bonchev–Trinajstić information content (AvgIpc) is 3.30. The second-order valence-corrected chi connectivity index (χ2v) is 7.05. The summed E-state index contributed by atoms with van der Waals surface area (Å²) >= 11 is 0. The summed E-state index contributed by atoms with van der Waals surface area (Å²) in [6.45, 7) is 4.01. The predicted octanol–water partition coefficient (Wildman–Crippen LogP) is 4.64. The van der Waals surface area contributed by atoms with E-state index in [1.165, 1.54) is 12.3 Å². The van der Waals surface area contributed by atoms with Crippen LogP contribution in [0.3, 0.4) is 0 Å². The molecule has 3 rings (SSSR count). The molecule has 0 radical (unpaired) electrons. The van der Waals surface area contributed by atoms with Crippen LogP contribution in [0.25, 0.3) is 6.08 Å². The lowest BCUT2D eigenvalue weighted by molar-refractivity contribution is -0.118. The molecule has 0 fully saturated rings. The fourth-order valence-electron chi connectivity index (χ4n) is 3.22. The van der Waals surface area contributed by atoms with Gasteiger partial charge in [0.15, 0.2) is 0 Å². The Hall–Kier alpha value is -3.80. The van der Waals surface area contributed by atoms with Crippen LogP contribution in [0, 0.1) is 6.92 Å². The van der Waals surface area contributed by atoms with Gasteiger partial charge in [-0.2, -0.15) is 0 Å². The van der Waals surface area contributed by atoms with Crippen molar-refractivity contribution in [1.29, 1.82) is 0 Å². The van der Waals surface area contributed by atoms with Gasteiger partial charge in [0.25, 0.3) is 11.8 Å². The molecule has 2 amide bonds. The van der Waals surface area contributed by atoms with E-state index in [0.29, 0.717) is 23.5 Å². The van der Waals surface area contributed by atoms with E-state index >= 15 is 0 Å². The minimum Gasteiger partial charge on any atom is -0.497 e. The van der Waals surface area contributed by atoms with Crippen LogP contribution in [0.4, 0.5) is 0 Å². The van der Waals surface area contributed by atoms with Gasteiger partial charge in [-0.3, -0.25) is 9.59 Å². The second-order valence-electron chi connectivity index (χ2n) is 7.05. The fourth-order valence-corrected chi connectivity index (χ4v) is 3.22. The Balaban J connectivity index is 1.83. The molecule has 1 atom stereocenters. The summed E-state index contributed by atoms with van der Waals surface area (Å²) in [5, 5.41) is 5.74. The van der Waals surface area contributed by atoms with Crippen LogP contribution < -0.4 is 15.4 Å². The number of benzene rings is 2. The number of hydrogen-bond donors (Lipinski definition) is 2. The van der Waals surface area contributed by atoms with Gasteiger partial charge in [-0.25, -0.2) is 0 Å². The zero-order valence-electron chi connectivity index (χ0n) is 17.8. The molecule has 6 nitrogen and oxygen atoms in total. The van der Waals surface area contributed by atoms with E-state index in [9.17, 15) is 9.59 Å². The molecule has 1 aromatic heterocycles. The van der Waals surface area contributed by atoms with Crippen molar-refractivity contribution in [3.63, 3.8) is 0 Å². The normalized spacial score (nSPS) is 12.2. The van der Waals surface area contributed by atoms with Crippen molar-refractivity contribution < 1.29 is 18.7 Å². The molecular formula is C25H26N2O4. The molecule has 0 saturated carbocycles. The summed E-state index contributed by atoms with van der Waals surface area (Å²) in [7, 11) is 1.56. The van der Waals surface area contributed by atoms with E-state index < -0.39 is 11.8 Å². The van der Waals surface area contributed by atoms with Gasteiger partial charge < -0.3 is 19.8 Å². The summed E-state index contributed by atoms with van der Waals surface area (Å²) in [5.41, 5.74) is 2.64. The van der Waals surface area contributed by atoms with E-state index in [2.05, 4.69) is 10.6 Å². The van der Waals surface area contributed by atoms with Crippen molar-refractivity contribution in [3.8, 4) is 5.75 Å². The summed E-state index contributed by atoms with van der Waals surface area (Å²) in [5.74, 6) is 0.307. The molecule has 3 aromatic rings. The molecule has 1 heterocycles. The Bertz CT molecular complexity index is 1050. The first kappa shape index (κ1) is 21.9. The molecule has 0 spiro atoms. The molecule has 0 saturated heterocycles. The maximum atomic E-state index is 13.1. The number of amides is 2. The number of furan rings is 1. The number of rotatable bonds is 8. The van der Waals surface area contributed by atoms with E-state index in [0.717, 1.165) is 11.1 Å². The number of aryl methyl sites for hydroxylation is 1. The van der Waals surface area contributed by atoms with E-state index in [-0.39, 0.29) is 11.7 Å². The van der Waals surface area contributed by atoms with Gasteiger partial charge in [0.05, 0.1) is 19.4 Å². The summed E-state index contributed by atoms with van der Waals surface area (Å²) in [4.78, 5) is 25.9. The second kappa shape index (κ2) is 10.3. The van der Waals surface area contributed by atoms with Crippen molar-refractivity contribution in [2.45, 2.75) is 26.3 Å². The van der Waals surface area contributed by atoms with Crippen molar-refractivity contribution in [1.82, 2.24) is 10.6 Å². The molecule has 2 N–H and O–H groups in total. The van der Waals surface area contributed by atoms with Crippen LogP contribution in [0.15, 0.2) is 77.0 Å². The van der Waals surface area contributed by atoms with E-state index in [1.54, 1.807) is 43.5 Å². The van der Waals surface area contributed by atoms with Crippen LogP contribution in [0.2, 0.25) is 0 Å². The third-order valence-electron chi connectivity index (χ3n) is 4.95. The van der Waals surface area contributed by atoms with Gasteiger partial charge in [0.1, 0.15) is 17.2 Å². The highest BCUT2D eigenvalue weighted by Crippen LogP contribution is 2.21. The van der Waals surface area contributed by atoms with Crippen molar-refractivity contribution in [2.75, 3.05) is 7.11 Å². The lowest BCUT2D eigenvalue weighted by atomic mass is 9.99. The first-order valence-corrected chi connectivity index (χ1v) is 10.1. The molecule has 0 aliphatic carbocycles. The van der Waals surface area contributed by atoms with Gasteiger partial charge in [-0.1, -0.05) is 31.2 Å². The Morgan fingerprint density at radius 3 is 2.42 bits per heavy atom. The van der Waals surface area contributed by atoms with Gasteiger partial charge in [0.2, 0.25) is 0 Å². The average molecular weight is 418 g/mol.